The maximum Gasteiger partial charge on any atom is 0.322 e. The van der Waals surface area contributed by atoms with Crippen molar-refractivity contribution in [3.63, 3.8) is 0 Å². The Bertz CT molecular complexity index is 739. The SMILES string of the molecule is CC(C)c1cc(O)ccc1Oc1c(Br)cc(NCC(=O)O)cc1Br. The molecule has 0 aromatic heterocycles. The number of nitrogens with one attached hydrogen (secondary N) is 1. The van der Waals surface area contributed by atoms with E-state index < -0.39 is 5.97 Å². The summed E-state index contributed by atoms with van der Waals surface area (Å²) in [5, 5.41) is 21.2. The highest BCUT2D eigenvalue weighted by atomic mass is 79.9. The van der Waals surface area contributed by atoms with Gasteiger partial charge in [-0.1, -0.05) is 13.8 Å². The van der Waals surface area contributed by atoms with Gasteiger partial charge >= 0.3 is 5.97 Å². The molecule has 0 aliphatic rings. The first-order valence-corrected chi connectivity index (χ1v) is 8.82. The molecule has 0 bridgehead atoms. The lowest BCUT2D eigenvalue weighted by molar-refractivity contribution is -0.134. The molecule has 7 heteroatoms. The molecule has 3 N–H and O–H groups in total. The summed E-state index contributed by atoms with van der Waals surface area (Å²) in [6.07, 6.45) is 0. The Morgan fingerprint density at radius 1 is 1.21 bits per heavy atom. The summed E-state index contributed by atoms with van der Waals surface area (Å²) in [7, 11) is 0. The number of benzene rings is 2. The van der Waals surface area contributed by atoms with E-state index in [0.29, 0.717) is 26.1 Å². The fourth-order valence-electron chi connectivity index (χ4n) is 2.13. The minimum Gasteiger partial charge on any atom is -0.508 e. The van der Waals surface area contributed by atoms with Crippen LogP contribution in [-0.4, -0.2) is 22.7 Å². The Labute approximate surface area is 156 Å². The lowest BCUT2D eigenvalue weighted by atomic mass is 10.0. The average Bonchev–Trinajstić information content (AvgIpc) is 2.49. The molecule has 0 atom stereocenters. The number of carboxylic acid groups (broad SMARTS) is 1. The van der Waals surface area contributed by atoms with Gasteiger partial charge in [-0.25, -0.2) is 0 Å². The summed E-state index contributed by atoms with van der Waals surface area (Å²) in [4.78, 5) is 10.6. The molecule has 2 rings (SSSR count). The van der Waals surface area contributed by atoms with Crippen LogP contribution in [0.4, 0.5) is 5.69 Å². The van der Waals surface area contributed by atoms with E-state index in [2.05, 4.69) is 37.2 Å². The third kappa shape index (κ3) is 4.64. The van der Waals surface area contributed by atoms with Gasteiger partial charge < -0.3 is 20.3 Å². The molecule has 2 aromatic rings. The first-order chi connectivity index (χ1) is 11.3. The highest BCUT2D eigenvalue weighted by Crippen LogP contribution is 2.41. The van der Waals surface area contributed by atoms with E-state index in [1.807, 2.05) is 13.8 Å². The van der Waals surface area contributed by atoms with Gasteiger partial charge in [0.2, 0.25) is 0 Å². The van der Waals surface area contributed by atoms with Crippen molar-refractivity contribution in [3.8, 4) is 17.2 Å². The Morgan fingerprint density at radius 2 is 1.83 bits per heavy atom. The van der Waals surface area contributed by atoms with Crippen LogP contribution in [-0.2, 0) is 4.79 Å². The minimum atomic E-state index is -0.937. The number of carbonyl (C=O) groups is 1. The van der Waals surface area contributed by atoms with Crippen LogP contribution >= 0.6 is 31.9 Å². The average molecular weight is 459 g/mol. The molecule has 0 aliphatic carbocycles. The maximum atomic E-state index is 10.6. The number of carboxylic acids is 1. The van der Waals surface area contributed by atoms with Crippen LogP contribution in [0.2, 0.25) is 0 Å². The van der Waals surface area contributed by atoms with Gasteiger partial charge in [0.05, 0.1) is 8.95 Å². The van der Waals surface area contributed by atoms with E-state index in [-0.39, 0.29) is 18.2 Å². The highest BCUT2D eigenvalue weighted by Gasteiger charge is 2.15. The standard InChI is InChI=1S/C17H17Br2NO4/c1-9(2)12-7-11(21)3-4-15(12)24-17-13(18)5-10(6-14(17)19)20-8-16(22)23/h3-7,9,20-21H,8H2,1-2H3,(H,22,23). The van der Waals surface area contributed by atoms with Gasteiger partial charge in [-0.2, -0.15) is 0 Å². The summed E-state index contributed by atoms with van der Waals surface area (Å²) in [6.45, 7) is 3.86. The molecule has 0 amide bonds. The summed E-state index contributed by atoms with van der Waals surface area (Å²) >= 11 is 6.89. The number of anilines is 1. The summed E-state index contributed by atoms with van der Waals surface area (Å²) < 4.78 is 7.37. The molecule has 0 heterocycles. The van der Waals surface area contributed by atoms with Crippen molar-refractivity contribution >= 4 is 43.5 Å². The molecule has 0 saturated heterocycles. The Balaban J connectivity index is 2.32. The quantitative estimate of drug-likeness (QED) is 0.545. The number of phenolic OH excluding ortho intramolecular Hbond substituents is 1. The largest absolute Gasteiger partial charge is 0.508 e. The van der Waals surface area contributed by atoms with Crippen molar-refractivity contribution in [3.05, 3.63) is 44.8 Å². The molecular formula is C17H17Br2NO4. The number of phenols is 1. The second-order valence-corrected chi connectivity index (χ2v) is 7.20. The second kappa shape index (κ2) is 7.90. The monoisotopic (exact) mass is 457 g/mol. The molecule has 0 radical (unpaired) electrons. The van der Waals surface area contributed by atoms with Crippen LogP contribution in [0, 0.1) is 0 Å². The fraction of sp³-hybridized carbons (Fsp3) is 0.235. The molecule has 2 aromatic carbocycles. The molecule has 5 nitrogen and oxygen atoms in total. The normalized spacial score (nSPS) is 10.7. The Kier molecular flexibility index (Phi) is 6.12. The fourth-order valence-corrected chi connectivity index (χ4v) is 3.48. The molecule has 0 fully saturated rings. The number of hydrogen-bond acceptors (Lipinski definition) is 4. The van der Waals surface area contributed by atoms with Crippen LogP contribution in [0.1, 0.15) is 25.3 Å². The van der Waals surface area contributed by atoms with Crippen molar-refractivity contribution in [1.29, 1.82) is 0 Å². The number of aromatic hydroxyl groups is 1. The summed E-state index contributed by atoms with van der Waals surface area (Å²) in [5.74, 6) is 0.658. The zero-order chi connectivity index (χ0) is 17.9. The number of hydrogen-bond donors (Lipinski definition) is 3. The van der Waals surface area contributed by atoms with Crippen molar-refractivity contribution in [2.75, 3.05) is 11.9 Å². The van der Waals surface area contributed by atoms with Gasteiger partial charge in [-0.05, 0) is 68.1 Å². The zero-order valence-corrected chi connectivity index (χ0v) is 16.3. The van der Waals surface area contributed by atoms with Gasteiger partial charge in [0.1, 0.15) is 18.0 Å². The van der Waals surface area contributed by atoms with Crippen LogP contribution in [0.15, 0.2) is 39.3 Å². The molecule has 0 aliphatic heterocycles. The van der Waals surface area contributed by atoms with E-state index in [4.69, 9.17) is 9.84 Å². The van der Waals surface area contributed by atoms with Gasteiger partial charge in [0.25, 0.3) is 0 Å². The van der Waals surface area contributed by atoms with Crippen LogP contribution in [0.25, 0.3) is 0 Å². The van der Waals surface area contributed by atoms with Crippen LogP contribution in [0.3, 0.4) is 0 Å². The van der Waals surface area contributed by atoms with E-state index in [1.165, 1.54) is 0 Å². The summed E-state index contributed by atoms with van der Waals surface area (Å²) in [5.41, 5.74) is 1.54. The smallest absolute Gasteiger partial charge is 0.322 e. The number of aliphatic carboxylic acids is 1. The number of ether oxygens (including phenoxy) is 1. The molecule has 0 spiro atoms. The van der Waals surface area contributed by atoms with E-state index >= 15 is 0 Å². The lowest BCUT2D eigenvalue weighted by Gasteiger charge is -2.17. The van der Waals surface area contributed by atoms with E-state index in [9.17, 15) is 9.90 Å². The zero-order valence-electron chi connectivity index (χ0n) is 13.1. The second-order valence-electron chi connectivity index (χ2n) is 5.50. The third-order valence-corrected chi connectivity index (χ3v) is 4.45. The number of rotatable bonds is 6. The van der Waals surface area contributed by atoms with Crippen LogP contribution < -0.4 is 10.1 Å². The predicted molar refractivity (Wildman–Crippen MR) is 100 cm³/mol. The molecule has 0 saturated carbocycles. The third-order valence-electron chi connectivity index (χ3n) is 3.27. The van der Waals surface area contributed by atoms with Crippen molar-refractivity contribution in [1.82, 2.24) is 0 Å². The lowest BCUT2D eigenvalue weighted by Crippen LogP contribution is -2.12. The van der Waals surface area contributed by atoms with Crippen molar-refractivity contribution in [2.24, 2.45) is 0 Å². The number of halogens is 2. The Morgan fingerprint density at radius 3 is 2.38 bits per heavy atom. The minimum absolute atomic E-state index is 0.172. The molecule has 0 unspecified atom stereocenters. The molecular weight excluding hydrogens is 442 g/mol. The van der Waals surface area contributed by atoms with Gasteiger partial charge in [0, 0.05) is 11.3 Å². The molecule has 24 heavy (non-hydrogen) atoms. The maximum absolute atomic E-state index is 10.6. The summed E-state index contributed by atoms with van der Waals surface area (Å²) in [6, 6.07) is 8.48. The van der Waals surface area contributed by atoms with Crippen molar-refractivity contribution < 1.29 is 19.7 Å². The van der Waals surface area contributed by atoms with Crippen molar-refractivity contribution in [2.45, 2.75) is 19.8 Å². The predicted octanol–water partition coefficient (Wildman–Crippen LogP) is 5.33. The van der Waals surface area contributed by atoms with Gasteiger partial charge in [-0.15, -0.1) is 0 Å². The van der Waals surface area contributed by atoms with E-state index in [1.54, 1.807) is 30.3 Å². The molecule has 128 valence electrons. The van der Waals surface area contributed by atoms with Gasteiger partial charge in [0.15, 0.2) is 5.75 Å². The first kappa shape index (κ1) is 18.6. The van der Waals surface area contributed by atoms with Gasteiger partial charge in [-0.3, -0.25) is 4.79 Å². The van der Waals surface area contributed by atoms with E-state index in [0.717, 1.165) is 5.56 Å². The first-order valence-electron chi connectivity index (χ1n) is 7.23. The highest BCUT2D eigenvalue weighted by molar-refractivity contribution is 9.11. The Hall–Kier alpha value is -1.73. The topological polar surface area (TPSA) is 78.8 Å². The van der Waals surface area contributed by atoms with Crippen LogP contribution in [0.5, 0.6) is 17.2 Å².